The molecule has 0 fully saturated rings. The van der Waals surface area contributed by atoms with Crippen LogP contribution in [0.1, 0.15) is 5.56 Å². The summed E-state index contributed by atoms with van der Waals surface area (Å²) in [5, 5.41) is 6.62. The molecule has 2 N–H and O–H groups in total. The van der Waals surface area contributed by atoms with Crippen molar-refractivity contribution in [3.63, 3.8) is 0 Å². The Kier molecular flexibility index (Phi) is 6.53. The number of nitrogens with zero attached hydrogens (tertiary/aromatic N) is 2. The topological polar surface area (TPSA) is 48.9 Å². The fourth-order valence-corrected chi connectivity index (χ4v) is 2.81. The highest BCUT2D eigenvalue weighted by Crippen LogP contribution is 2.18. The van der Waals surface area contributed by atoms with E-state index in [9.17, 15) is 0 Å². The standard InChI is InChI=1S/C21H26N4O/c1-22-21(23-12-15-26-20-10-3-2-4-11-20)24-17-18-8-7-9-19(16-18)25-13-5-6-14-25/h2-11,16H,12-15,17H2,1H3,(H2,22,23,24). The number of para-hydroxylation sites is 1. The first-order chi connectivity index (χ1) is 12.8. The summed E-state index contributed by atoms with van der Waals surface area (Å²) < 4.78 is 5.68. The van der Waals surface area contributed by atoms with Gasteiger partial charge in [-0.25, -0.2) is 0 Å². The summed E-state index contributed by atoms with van der Waals surface area (Å²) in [6.07, 6.45) is 4.41. The van der Waals surface area contributed by atoms with Crippen molar-refractivity contribution < 1.29 is 4.74 Å². The average Bonchev–Trinajstić information content (AvgIpc) is 3.23. The predicted molar refractivity (Wildman–Crippen MR) is 108 cm³/mol. The van der Waals surface area contributed by atoms with E-state index in [4.69, 9.17) is 4.74 Å². The fourth-order valence-electron chi connectivity index (χ4n) is 2.81. The minimum atomic E-state index is 0.585. The van der Waals surface area contributed by atoms with Gasteiger partial charge in [-0.1, -0.05) is 42.5 Å². The van der Waals surface area contributed by atoms with Crippen LogP contribution in [-0.2, 0) is 6.54 Å². The molecule has 26 heavy (non-hydrogen) atoms. The van der Waals surface area contributed by atoms with Crippen molar-refractivity contribution in [1.82, 2.24) is 10.6 Å². The third-order valence-corrected chi connectivity index (χ3v) is 4.18. The second-order valence-electron chi connectivity index (χ2n) is 6.06. The molecule has 1 aliphatic rings. The van der Waals surface area contributed by atoms with Crippen molar-refractivity contribution in [2.24, 2.45) is 4.99 Å². The molecule has 1 aliphatic heterocycles. The predicted octanol–water partition coefficient (Wildman–Crippen LogP) is 2.81. The first kappa shape index (κ1) is 17.9. The highest BCUT2D eigenvalue weighted by Gasteiger charge is 2.08. The summed E-state index contributed by atoms with van der Waals surface area (Å²) in [6, 6.07) is 18.4. The molecular weight excluding hydrogens is 324 g/mol. The molecule has 0 unspecified atom stereocenters. The fraction of sp³-hybridized carbons (Fsp3) is 0.286. The van der Waals surface area contributed by atoms with Gasteiger partial charge in [0.15, 0.2) is 5.96 Å². The maximum atomic E-state index is 5.68. The zero-order valence-electron chi connectivity index (χ0n) is 15.2. The number of anilines is 1. The second-order valence-corrected chi connectivity index (χ2v) is 6.06. The molecule has 0 aromatic heterocycles. The van der Waals surface area contributed by atoms with Crippen molar-refractivity contribution in [2.75, 3.05) is 38.2 Å². The largest absolute Gasteiger partial charge is 0.492 e. The molecule has 3 rings (SSSR count). The van der Waals surface area contributed by atoms with Crippen molar-refractivity contribution in [1.29, 1.82) is 0 Å². The number of rotatable bonds is 7. The Morgan fingerprint density at radius 3 is 2.62 bits per heavy atom. The average molecular weight is 350 g/mol. The number of hydrogen-bond donors (Lipinski definition) is 2. The summed E-state index contributed by atoms with van der Waals surface area (Å²) in [5.41, 5.74) is 2.49. The van der Waals surface area contributed by atoms with Crippen LogP contribution in [0.15, 0.2) is 71.7 Å². The van der Waals surface area contributed by atoms with Crippen LogP contribution in [0.5, 0.6) is 5.75 Å². The van der Waals surface area contributed by atoms with Crippen molar-refractivity contribution >= 4 is 11.6 Å². The van der Waals surface area contributed by atoms with Gasteiger partial charge in [0.2, 0.25) is 0 Å². The quantitative estimate of drug-likeness (QED) is 0.349. The summed E-state index contributed by atoms with van der Waals surface area (Å²) in [5.74, 6) is 1.65. The van der Waals surface area contributed by atoms with Gasteiger partial charge in [-0.05, 0) is 29.8 Å². The Labute approximate surface area is 155 Å². The van der Waals surface area contributed by atoms with E-state index in [0.717, 1.165) is 31.3 Å². The van der Waals surface area contributed by atoms with E-state index in [1.165, 1.54) is 11.3 Å². The second kappa shape index (κ2) is 9.51. The molecule has 0 spiro atoms. The molecule has 5 heteroatoms. The van der Waals surface area contributed by atoms with Gasteiger partial charge >= 0.3 is 0 Å². The van der Waals surface area contributed by atoms with Gasteiger partial charge in [0.25, 0.3) is 0 Å². The molecule has 1 heterocycles. The molecule has 0 radical (unpaired) electrons. The van der Waals surface area contributed by atoms with Crippen LogP contribution in [0.4, 0.5) is 5.69 Å². The lowest BCUT2D eigenvalue weighted by molar-refractivity contribution is 0.322. The first-order valence-electron chi connectivity index (χ1n) is 8.96. The smallest absolute Gasteiger partial charge is 0.191 e. The molecule has 5 nitrogen and oxygen atoms in total. The van der Waals surface area contributed by atoms with Crippen molar-refractivity contribution in [3.05, 3.63) is 72.3 Å². The Hall–Kier alpha value is -2.95. The minimum Gasteiger partial charge on any atom is -0.492 e. The molecule has 136 valence electrons. The number of guanidine groups is 1. The number of benzene rings is 2. The van der Waals surface area contributed by atoms with Crippen LogP contribution in [0.3, 0.4) is 0 Å². The van der Waals surface area contributed by atoms with Gasteiger partial charge in [-0.2, -0.15) is 0 Å². The maximum Gasteiger partial charge on any atom is 0.191 e. The van der Waals surface area contributed by atoms with Crippen LogP contribution in [0, 0.1) is 0 Å². The minimum absolute atomic E-state index is 0.585. The van der Waals surface area contributed by atoms with Gasteiger partial charge in [-0.3, -0.25) is 4.99 Å². The number of aliphatic imine (C=N–C) groups is 1. The third kappa shape index (κ3) is 5.28. The van der Waals surface area contributed by atoms with Crippen molar-refractivity contribution in [2.45, 2.75) is 6.54 Å². The Bertz CT molecular complexity index is 735. The number of nitrogens with one attached hydrogen (secondary N) is 2. The monoisotopic (exact) mass is 350 g/mol. The third-order valence-electron chi connectivity index (χ3n) is 4.18. The molecule has 0 amide bonds. The summed E-state index contributed by atoms with van der Waals surface area (Å²) in [6.45, 7) is 3.98. The van der Waals surface area contributed by atoms with E-state index in [1.807, 2.05) is 30.3 Å². The Balaban J connectivity index is 1.42. The molecule has 2 aromatic carbocycles. The summed E-state index contributed by atoms with van der Waals surface area (Å²) >= 11 is 0. The molecule has 2 aromatic rings. The van der Waals surface area contributed by atoms with Gasteiger partial charge < -0.3 is 20.3 Å². The molecule has 0 atom stereocenters. The van der Waals surface area contributed by atoms with E-state index in [0.29, 0.717) is 13.2 Å². The van der Waals surface area contributed by atoms with Gasteiger partial charge in [0, 0.05) is 32.4 Å². The highest BCUT2D eigenvalue weighted by atomic mass is 16.5. The summed E-state index contributed by atoms with van der Waals surface area (Å²) in [4.78, 5) is 6.61. The molecule has 0 saturated heterocycles. The van der Waals surface area contributed by atoms with E-state index >= 15 is 0 Å². The van der Waals surface area contributed by atoms with Crippen LogP contribution in [0.2, 0.25) is 0 Å². The lowest BCUT2D eigenvalue weighted by atomic mass is 10.2. The van der Waals surface area contributed by atoms with Gasteiger partial charge in [0.05, 0.1) is 6.54 Å². The van der Waals surface area contributed by atoms with Crippen LogP contribution in [0.25, 0.3) is 0 Å². The lowest BCUT2D eigenvalue weighted by Crippen LogP contribution is -2.38. The maximum absolute atomic E-state index is 5.68. The van der Waals surface area contributed by atoms with Crippen molar-refractivity contribution in [3.8, 4) is 5.75 Å². The number of ether oxygens (including phenoxy) is 1. The summed E-state index contributed by atoms with van der Waals surface area (Å²) in [7, 11) is 1.78. The molecule has 0 aliphatic carbocycles. The number of hydrogen-bond acceptors (Lipinski definition) is 3. The van der Waals surface area contributed by atoms with Crippen LogP contribution in [-0.4, -0.2) is 39.2 Å². The zero-order valence-corrected chi connectivity index (χ0v) is 15.2. The Morgan fingerprint density at radius 1 is 1.04 bits per heavy atom. The Morgan fingerprint density at radius 2 is 1.85 bits per heavy atom. The molecular formula is C21H26N4O. The van der Waals surface area contributed by atoms with E-state index in [2.05, 4.69) is 56.9 Å². The van der Waals surface area contributed by atoms with Crippen LogP contribution < -0.4 is 20.3 Å². The van der Waals surface area contributed by atoms with Gasteiger partial charge in [0.1, 0.15) is 12.4 Å². The first-order valence-corrected chi connectivity index (χ1v) is 8.96. The molecule has 0 saturated carbocycles. The normalized spacial score (nSPS) is 13.7. The van der Waals surface area contributed by atoms with E-state index < -0.39 is 0 Å². The highest BCUT2D eigenvalue weighted by molar-refractivity contribution is 5.79. The zero-order chi connectivity index (χ0) is 18.0. The SMILES string of the molecule is CN=C(NCCOc1ccccc1)NCc1cccc(N2CC=CC2)c1. The van der Waals surface area contributed by atoms with Crippen LogP contribution >= 0.6 is 0 Å². The lowest BCUT2D eigenvalue weighted by Gasteiger charge is -2.19. The van der Waals surface area contributed by atoms with Gasteiger partial charge in [-0.15, -0.1) is 0 Å². The molecule has 0 bridgehead atoms. The van der Waals surface area contributed by atoms with E-state index in [-0.39, 0.29) is 0 Å². The van der Waals surface area contributed by atoms with E-state index in [1.54, 1.807) is 7.05 Å².